The van der Waals surface area contributed by atoms with Crippen molar-refractivity contribution >= 4 is 29.0 Å². The molecule has 182 valence electrons. The van der Waals surface area contributed by atoms with E-state index in [0.717, 1.165) is 18.7 Å². The number of hydrogen-bond acceptors (Lipinski definition) is 6. The molecule has 35 heavy (non-hydrogen) atoms. The van der Waals surface area contributed by atoms with E-state index in [2.05, 4.69) is 4.90 Å². The zero-order chi connectivity index (χ0) is 24.7. The first-order chi connectivity index (χ1) is 16.9. The zero-order valence-electron chi connectivity index (χ0n) is 20.0. The minimum Gasteiger partial charge on any atom is -0.507 e. The van der Waals surface area contributed by atoms with Gasteiger partial charge in [-0.1, -0.05) is 48.0 Å². The van der Waals surface area contributed by atoms with Gasteiger partial charge in [-0.05, 0) is 19.4 Å². The summed E-state index contributed by atoms with van der Waals surface area (Å²) in [6.45, 7) is 5.79. The van der Waals surface area contributed by atoms with Crippen LogP contribution < -0.4 is 4.90 Å². The van der Waals surface area contributed by atoms with Crippen LogP contribution >= 0.6 is 0 Å². The van der Waals surface area contributed by atoms with Gasteiger partial charge in [-0.15, -0.1) is 0 Å². The summed E-state index contributed by atoms with van der Waals surface area (Å²) in [6, 6.07) is 14.2. The number of nitrogens with zero attached hydrogens (tertiary/aromatic N) is 3. The highest BCUT2D eigenvalue weighted by atomic mass is 16.5. The topological polar surface area (TPSA) is 90.4 Å². The molecule has 0 bridgehead atoms. The molecule has 2 fully saturated rings. The van der Waals surface area contributed by atoms with Gasteiger partial charge in [0.15, 0.2) is 5.54 Å². The third-order valence-electron chi connectivity index (χ3n) is 7.22. The summed E-state index contributed by atoms with van der Waals surface area (Å²) < 4.78 is 5.41. The first kappa shape index (κ1) is 23.3. The number of carbonyl (C=O) groups excluding carboxylic acids is 3. The van der Waals surface area contributed by atoms with Gasteiger partial charge in [0.2, 0.25) is 0 Å². The summed E-state index contributed by atoms with van der Waals surface area (Å²) in [5.74, 6) is -2.36. The second-order valence-corrected chi connectivity index (χ2v) is 9.27. The molecule has 0 unspecified atom stereocenters. The molecular weight excluding hydrogens is 446 g/mol. The molecule has 8 nitrogen and oxygen atoms in total. The molecule has 2 aromatic carbocycles. The quantitative estimate of drug-likeness (QED) is 0.405. The molecule has 2 saturated heterocycles. The zero-order valence-corrected chi connectivity index (χ0v) is 20.0. The molecule has 3 heterocycles. The molecule has 1 spiro atoms. The SMILES string of the molecule is Cc1ccc(C(O)=C2C(=O)C(=O)N(CCCN3CCOCC3)[C@@]23C(=O)N(C)c2ccccc23)cc1. The maximum absolute atomic E-state index is 14.0. The van der Waals surface area contributed by atoms with Crippen molar-refractivity contribution in [1.29, 1.82) is 0 Å². The van der Waals surface area contributed by atoms with E-state index in [1.807, 2.05) is 25.1 Å². The van der Waals surface area contributed by atoms with E-state index in [9.17, 15) is 19.5 Å². The number of aryl methyl sites for hydroxylation is 1. The number of amides is 2. The Labute approximate surface area is 204 Å². The Balaban J connectivity index is 1.63. The van der Waals surface area contributed by atoms with Crippen LogP contribution in [0.25, 0.3) is 5.76 Å². The average Bonchev–Trinajstić information content (AvgIpc) is 3.23. The minimum absolute atomic E-state index is 0.167. The number of ketones is 1. The van der Waals surface area contributed by atoms with Crippen molar-refractivity contribution in [2.24, 2.45) is 0 Å². The summed E-state index contributed by atoms with van der Waals surface area (Å²) in [4.78, 5) is 46.0. The fourth-order valence-electron chi connectivity index (χ4n) is 5.40. The number of hydrogen-bond donors (Lipinski definition) is 1. The number of likely N-dealkylation sites (N-methyl/N-ethyl adjacent to an activating group) is 1. The Hall–Kier alpha value is -3.49. The van der Waals surface area contributed by atoms with Crippen molar-refractivity contribution in [3.05, 3.63) is 70.8 Å². The summed E-state index contributed by atoms with van der Waals surface area (Å²) in [7, 11) is 1.63. The highest BCUT2D eigenvalue weighted by Gasteiger charge is 2.66. The fourth-order valence-corrected chi connectivity index (χ4v) is 5.40. The van der Waals surface area contributed by atoms with Crippen LogP contribution in [0.5, 0.6) is 0 Å². The number of para-hydroxylation sites is 1. The van der Waals surface area contributed by atoms with Gasteiger partial charge in [0, 0.05) is 50.0 Å². The van der Waals surface area contributed by atoms with E-state index < -0.39 is 23.1 Å². The fraction of sp³-hybridized carbons (Fsp3) is 0.370. The standard InChI is InChI=1S/C27H29N3O5/c1-18-8-10-19(11-9-18)23(31)22-24(32)25(33)30(13-5-12-29-14-16-35-17-15-29)27(22)20-6-3-4-7-21(20)28(2)26(27)34/h3-4,6-11,31H,5,12-17H2,1-2H3/t27-/m1/s1. The van der Waals surface area contributed by atoms with Gasteiger partial charge in [0.05, 0.1) is 18.8 Å². The lowest BCUT2D eigenvalue weighted by Gasteiger charge is -2.35. The van der Waals surface area contributed by atoms with Crippen LogP contribution in [0.15, 0.2) is 54.1 Å². The van der Waals surface area contributed by atoms with E-state index in [1.54, 1.807) is 37.4 Å². The summed E-state index contributed by atoms with van der Waals surface area (Å²) >= 11 is 0. The number of Topliss-reactive ketones (excluding diaryl/α,β-unsaturated/α-hetero) is 1. The molecule has 0 saturated carbocycles. The predicted molar refractivity (Wildman–Crippen MR) is 131 cm³/mol. The highest BCUT2D eigenvalue weighted by molar-refractivity contribution is 6.50. The van der Waals surface area contributed by atoms with Crippen molar-refractivity contribution in [2.45, 2.75) is 18.9 Å². The molecule has 3 aliphatic rings. The Morgan fingerprint density at radius 1 is 1.00 bits per heavy atom. The molecule has 8 heteroatoms. The Bertz CT molecular complexity index is 1220. The Kier molecular flexibility index (Phi) is 5.94. The van der Waals surface area contributed by atoms with Crippen LogP contribution in [0.4, 0.5) is 5.69 Å². The number of rotatable bonds is 5. The third kappa shape index (κ3) is 3.56. The smallest absolute Gasteiger partial charge is 0.296 e. The van der Waals surface area contributed by atoms with Gasteiger partial charge in [-0.2, -0.15) is 0 Å². The van der Waals surface area contributed by atoms with E-state index in [-0.39, 0.29) is 17.9 Å². The molecular formula is C27H29N3O5. The number of aliphatic hydroxyl groups excluding tert-OH is 1. The lowest BCUT2D eigenvalue weighted by molar-refractivity contribution is -0.143. The number of anilines is 1. The highest BCUT2D eigenvalue weighted by Crippen LogP contribution is 2.53. The normalized spacial score (nSPS) is 24.0. The third-order valence-corrected chi connectivity index (χ3v) is 7.22. The van der Waals surface area contributed by atoms with Crippen LogP contribution in [0.2, 0.25) is 0 Å². The van der Waals surface area contributed by atoms with Gasteiger partial charge in [-0.3, -0.25) is 19.3 Å². The van der Waals surface area contributed by atoms with Crippen LogP contribution in [-0.4, -0.2) is 78.9 Å². The predicted octanol–water partition coefficient (Wildman–Crippen LogP) is 2.27. The Morgan fingerprint density at radius 3 is 2.40 bits per heavy atom. The lowest BCUT2D eigenvalue weighted by atomic mass is 9.81. The molecule has 5 rings (SSSR count). The lowest BCUT2D eigenvalue weighted by Crippen LogP contribution is -2.52. The van der Waals surface area contributed by atoms with Gasteiger partial charge in [-0.25, -0.2) is 0 Å². The van der Waals surface area contributed by atoms with Gasteiger partial charge < -0.3 is 19.6 Å². The van der Waals surface area contributed by atoms with Gasteiger partial charge in [0.25, 0.3) is 17.6 Å². The summed E-state index contributed by atoms with van der Waals surface area (Å²) in [6.07, 6.45) is 0.582. The van der Waals surface area contributed by atoms with Crippen molar-refractivity contribution in [3.63, 3.8) is 0 Å². The number of carbonyl (C=O) groups is 3. The maximum Gasteiger partial charge on any atom is 0.296 e. The van der Waals surface area contributed by atoms with E-state index in [0.29, 0.717) is 43.0 Å². The van der Waals surface area contributed by atoms with Crippen LogP contribution in [0.1, 0.15) is 23.1 Å². The first-order valence-corrected chi connectivity index (χ1v) is 11.9. The number of ether oxygens (including phenoxy) is 1. The number of likely N-dealkylation sites (tertiary alicyclic amines) is 1. The summed E-state index contributed by atoms with van der Waals surface area (Å²) in [5, 5.41) is 11.4. The molecule has 1 atom stereocenters. The largest absolute Gasteiger partial charge is 0.507 e. The van der Waals surface area contributed by atoms with Crippen LogP contribution in [-0.2, 0) is 24.7 Å². The molecule has 1 N–H and O–H groups in total. The van der Waals surface area contributed by atoms with Gasteiger partial charge in [0.1, 0.15) is 5.76 Å². The van der Waals surface area contributed by atoms with E-state index in [1.165, 1.54) is 9.80 Å². The first-order valence-electron chi connectivity index (χ1n) is 11.9. The number of fused-ring (bicyclic) bond motifs is 2. The van der Waals surface area contributed by atoms with Crippen LogP contribution in [0.3, 0.4) is 0 Å². The monoisotopic (exact) mass is 475 g/mol. The van der Waals surface area contributed by atoms with Crippen molar-refractivity contribution in [1.82, 2.24) is 9.80 Å². The van der Waals surface area contributed by atoms with Crippen molar-refractivity contribution in [3.8, 4) is 0 Å². The van der Waals surface area contributed by atoms with Gasteiger partial charge >= 0.3 is 0 Å². The minimum atomic E-state index is -1.69. The Morgan fingerprint density at radius 2 is 1.69 bits per heavy atom. The molecule has 2 aromatic rings. The van der Waals surface area contributed by atoms with Crippen molar-refractivity contribution in [2.75, 3.05) is 51.3 Å². The molecule has 0 radical (unpaired) electrons. The maximum atomic E-state index is 14.0. The second kappa shape index (κ2) is 8.94. The molecule has 2 amide bonds. The number of aliphatic hydroxyl groups is 1. The molecule has 0 aromatic heterocycles. The molecule has 0 aliphatic carbocycles. The van der Waals surface area contributed by atoms with E-state index >= 15 is 0 Å². The number of benzene rings is 2. The van der Waals surface area contributed by atoms with Crippen LogP contribution in [0, 0.1) is 6.92 Å². The second-order valence-electron chi connectivity index (χ2n) is 9.27. The molecule has 3 aliphatic heterocycles. The average molecular weight is 476 g/mol. The van der Waals surface area contributed by atoms with E-state index in [4.69, 9.17) is 4.74 Å². The van der Waals surface area contributed by atoms with Crippen molar-refractivity contribution < 1.29 is 24.2 Å². The number of morpholine rings is 1. The summed E-state index contributed by atoms with van der Waals surface area (Å²) in [5.41, 5.74) is 0.668.